The second-order valence-electron chi connectivity index (χ2n) is 7.59. The number of carbonyl (C=O) groups excluding carboxylic acids is 2. The van der Waals surface area contributed by atoms with Gasteiger partial charge in [-0.15, -0.1) is 0 Å². The summed E-state index contributed by atoms with van der Waals surface area (Å²) in [5.41, 5.74) is 1.74. The van der Waals surface area contributed by atoms with Crippen molar-refractivity contribution in [2.45, 2.75) is 38.8 Å². The number of imide groups is 1. The lowest BCUT2D eigenvalue weighted by Gasteiger charge is -2.31. The number of nitrogens with zero attached hydrogens (tertiary/aromatic N) is 2. The number of benzene rings is 2. The van der Waals surface area contributed by atoms with E-state index in [2.05, 4.69) is 4.99 Å². The van der Waals surface area contributed by atoms with Crippen LogP contribution in [0, 0.1) is 0 Å². The van der Waals surface area contributed by atoms with E-state index < -0.39 is 5.92 Å². The Labute approximate surface area is 159 Å². The number of aliphatic imine (C=N–C) groups is 1. The van der Waals surface area contributed by atoms with E-state index in [0.29, 0.717) is 16.9 Å². The van der Waals surface area contributed by atoms with Gasteiger partial charge in [-0.05, 0) is 44.0 Å². The van der Waals surface area contributed by atoms with Gasteiger partial charge in [-0.25, -0.2) is 0 Å². The molecule has 2 aromatic rings. The Morgan fingerprint density at radius 2 is 1.81 bits per heavy atom. The molecule has 1 aliphatic heterocycles. The van der Waals surface area contributed by atoms with E-state index in [1.54, 1.807) is 31.5 Å². The van der Waals surface area contributed by atoms with Crippen molar-refractivity contribution in [3.8, 4) is 5.75 Å². The Bertz CT molecular complexity index is 882. The summed E-state index contributed by atoms with van der Waals surface area (Å²) in [6.45, 7) is 6.14. The van der Waals surface area contributed by atoms with Gasteiger partial charge in [0, 0.05) is 11.8 Å². The van der Waals surface area contributed by atoms with Gasteiger partial charge < -0.3 is 4.74 Å². The van der Waals surface area contributed by atoms with E-state index in [-0.39, 0.29) is 23.9 Å². The Balaban J connectivity index is 2.05. The molecule has 27 heavy (non-hydrogen) atoms. The molecule has 0 saturated heterocycles. The number of hydrogen-bond donors (Lipinski definition) is 0. The Morgan fingerprint density at radius 1 is 1.11 bits per heavy atom. The average molecular weight is 364 g/mol. The van der Waals surface area contributed by atoms with Crippen LogP contribution >= 0.6 is 0 Å². The standard InChI is InChI=1S/C22H24N2O3/c1-22(2,3)23-13-19-17-11-10-16(27-4)12-18(17)20(25)24(21(19)26)14-15-8-6-5-7-9-15/h5-13,19H,14H2,1-4H3. The first-order valence-electron chi connectivity index (χ1n) is 8.93. The van der Waals surface area contributed by atoms with E-state index in [1.165, 1.54) is 4.90 Å². The van der Waals surface area contributed by atoms with Crippen molar-refractivity contribution in [1.29, 1.82) is 0 Å². The van der Waals surface area contributed by atoms with Crippen LogP contribution < -0.4 is 4.74 Å². The van der Waals surface area contributed by atoms with Crippen molar-refractivity contribution < 1.29 is 14.3 Å². The number of carbonyl (C=O) groups is 2. The number of fused-ring (bicyclic) bond motifs is 1. The molecule has 1 aliphatic rings. The van der Waals surface area contributed by atoms with E-state index in [0.717, 1.165) is 5.56 Å². The van der Waals surface area contributed by atoms with Crippen molar-refractivity contribution in [1.82, 2.24) is 4.90 Å². The Kier molecular flexibility index (Phi) is 5.13. The van der Waals surface area contributed by atoms with Gasteiger partial charge in [0.05, 0.1) is 25.1 Å². The highest BCUT2D eigenvalue weighted by Gasteiger charge is 2.38. The van der Waals surface area contributed by atoms with E-state index in [4.69, 9.17) is 4.74 Å². The van der Waals surface area contributed by atoms with E-state index in [9.17, 15) is 9.59 Å². The van der Waals surface area contributed by atoms with Crippen LogP contribution in [0.15, 0.2) is 53.5 Å². The maximum Gasteiger partial charge on any atom is 0.261 e. The van der Waals surface area contributed by atoms with Crippen LogP contribution in [0.4, 0.5) is 0 Å². The SMILES string of the molecule is COc1ccc2c(c1)C(=O)N(Cc1ccccc1)C(=O)C2C=NC(C)(C)C. The molecule has 1 atom stereocenters. The molecule has 0 saturated carbocycles. The maximum absolute atomic E-state index is 13.2. The van der Waals surface area contributed by atoms with Crippen LogP contribution in [-0.4, -0.2) is 35.6 Å². The molecule has 0 spiro atoms. The van der Waals surface area contributed by atoms with Gasteiger partial charge in [-0.2, -0.15) is 0 Å². The third-order valence-electron chi connectivity index (χ3n) is 4.40. The third kappa shape index (κ3) is 4.08. The lowest BCUT2D eigenvalue weighted by molar-refractivity contribution is -0.129. The Morgan fingerprint density at radius 3 is 2.44 bits per heavy atom. The summed E-state index contributed by atoms with van der Waals surface area (Å²) in [4.78, 5) is 32.0. The lowest BCUT2D eigenvalue weighted by atomic mass is 9.88. The minimum Gasteiger partial charge on any atom is -0.497 e. The van der Waals surface area contributed by atoms with Crippen LogP contribution in [0.3, 0.4) is 0 Å². The summed E-state index contributed by atoms with van der Waals surface area (Å²) in [5, 5.41) is 0. The summed E-state index contributed by atoms with van der Waals surface area (Å²) in [5.74, 6) is -0.568. The first-order chi connectivity index (χ1) is 12.8. The zero-order chi connectivity index (χ0) is 19.6. The quantitative estimate of drug-likeness (QED) is 0.612. The summed E-state index contributed by atoms with van der Waals surface area (Å²) < 4.78 is 5.27. The van der Waals surface area contributed by atoms with Gasteiger partial charge in [0.1, 0.15) is 5.75 Å². The molecule has 5 nitrogen and oxygen atoms in total. The second kappa shape index (κ2) is 7.35. The Hall–Kier alpha value is -2.95. The van der Waals surface area contributed by atoms with Gasteiger partial charge >= 0.3 is 0 Å². The van der Waals surface area contributed by atoms with Crippen LogP contribution in [-0.2, 0) is 11.3 Å². The van der Waals surface area contributed by atoms with Crippen molar-refractivity contribution in [2.75, 3.05) is 7.11 Å². The molecule has 0 aromatic heterocycles. The number of hydrogen-bond acceptors (Lipinski definition) is 4. The van der Waals surface area contributed by atoms with Crippen LogP contribution in [0.25, 0.3) is 0 Å². The van der Waals surface area contributed by atoms with Crippen molar-refractivity contribution in [3.05, 3.63) is 65.2 Å². The summed E-state index contributed by atoms with van der Waals surface area (Å²) in [6, 6.07) is 14.7. The first kappa shape index (κ1) is 18.8. The smallest absolute Gasteiger partial charge is 0.261 e. The molecule has 0 aliphatic carbocycles. The fourth-order valence-electron chi connectivity index (χ4n) is 3.02. The zero-order valence-electron chi connectivity index (χ0n) is 16.1. The molecule has 1 unspecified atom stereocenters. The van der Waals surface area contributed by atoms with Gasteiger partial charge in [-0.3, -0.25) is 19.5 Å². The number of methoxy groups -OCH3 is 1. The summed E-state index contributed by atoms with van der Waals surface area (Å²) in [7, 11) is 1.56. The van der Waals surface area contributed by atoms with Crippen molar-refractivity contribution >= 4 is 18.0 Å². The molecular weight excluding hydrogens is 340 g/mol. The predicted octanol–water partition coefficient (Wildman–Crippen LogP) is 3.83. The van der Waals surface area contributed by atoms with Crippen molar-refractivity contribution in [2.24, 2.45) is 4.99 Å². The lowest BCUT2D eigenvalue weighted by Crippen LogP contribution is -2.44. The molecule has 140 valence electrons. The first-order valence-corrected chi connectivity index (χ1v) is 8.93. The molecule has 0 bridgehead atoms. The fourth-order valence-corrected chi connectivity index (χ4v) is 3.02. The van der Waals surface area contributed by atoms with Gasteiger partial charge in [0.25, 0.3) is 5.91 Å². The topological polar surface area (TPSA) is 59.0 Å². The van der Waals surface area contributed by atoms with Gasteiger partial charge in [0.15, 0.2) is 0 Å². The highest BCUT2D eigenvalue weighted by Crippen LogP contribution is 2.32. The minimum atomic E-state index is -0.591. The fraction of sp³-hybridized carbons (Fsp3) is 0.318. The predicted molar refractivity (Wildman–Crippen MR) is 105 cm³/mol. The molecule has 0 radical (unpaired) electrons. The second-order valence-corrected chi connectivity index (χ2v) is 7.59. The summed E-state index contributed by atoms with van der Waals surface area (Å²) in [6.07, 6.45) is 1.66. The van der Waals surface area contributed by atoms with Crippen molar-refractivity contribution in [3.63, 3.8) is 0 Å². The number of rotatable bonds is 4. The molecule has 5 heteroatoms. The number of amides is 2. The molecule has 2 aromatic carbocycles. The van der Waals surface area contributed by atoms with Gasteiger partial charge in [0.2, 0.25) is 5.91 Å². The molecule has 1 heterocycles. The van der Waals surface area contributed by atoms with E-state index >= 15 is 0 Å². The third-order valence-corrected chi connectivity index (χ3v) is 4.40. The van der Waals surface area contributed by atoms with Crippen LogP contribution in [0.5, 0.6) is 5.75 Å². The van der Waals surface area contributed by atoms with Gasteiger partial charge in [-0.1, -0.05) is 36.4 Å². The minimum absolute atomic E-state index is 0.231. The molecule has 0 N–H and O–H groups in total. The monoisotopic (exact) mass is 364 g/mol. The average Bonchev–Trinajstić information content (AvgIpc) is 2.64. The molecule has 2 amide bonds. The largest absolute Gasteiger partial charge is 0.497 e. The maximum atomic E-state index is 13.2. The van der Waals surface area contributed by atoms with Crippen LogP contribution in [0.2, 0.25) is 0 Å². The normalized spacial score (nSPS) is 17.3. The number of ether oxygens (including phenoxy) is 1. The summed E-state index contributed by atoms with van der Waals surface area (Å²) >= 11 is 0. The van der Waals surface area contributed by atoms with E-state index in [1.807, 2.05) is 51.1 Å². The van der Waals surface area contributed by atoms with Crippen LogP contribution in [0.1, 0.15) is 48.2 Å². The zero-order valence-corrected chi connectivity index (χ0v) is 16.1. The molecule has 3 rings (SSSR count). The highest BCUT2D eigenvalue weighted by atomic mass is 16.5. The molecule has 0 fully saturated rings. The highest BCUT2D eigenvalue weighted by molar-refractivity contribution is 6.16. The molecular formula is C22H24N2O3.